The normalized spacial score (nSPS) is 21.9. The van der Waals surface area contributed by atoms with Gasteiger partial charge in [0.2, 0.25) is 5.91 Å². The van der Waals surface area contributed by atoms with Crippen molar-refractivity contribution in [2.24, 2.45) is 0 Å². The predicted octanol–water partition coefficient (Wildman–Crippen LogP) is 0.961. The van der Waals surface area contributed by atoms with E-state index in [2.05, 4.69) is 20.6 Å². The van der Waals surface area contributed by atoms with Crippen LogP contribution >= 0.6 is 0 Å². The molecule has 3 N–H and O–H groups in total. The van der Waals surface area contributed by atoms with Gasteiger partial charge in [0.05, 0.1) is 11.1 Å². The van der Waals surface area contributed by atoms with Crippen LogP contribution in [-0.4, -0.2) is 33.9 Å². The van der Waals surface area contributed by atoms with E-state index in [0.717, 1.165) is 17.5 Å². The molecule has 1 saturated heterocycles. The average molecular weight is 272 g/mol. The van der Waals surface area contributed by atoms with E-state index in [1.54, 1.807) is 18.5 Å². The zero-order valence-electron chi connectivity index (χ0n) is 11.2. The van der Waals surface area contributed by atoms with Gasteiger partial charge in [0, 0.05) is 30.7 Å². The third-order valence-corrected chi connectivity index (χ3v) is 3.65. The lowest BCUT2D eigenvalue weighted by molar-refractivity contribution is -0.119. The number of aromatic nitrogens is 2. The molecule has 1 aliphatic heterocycles. The number of aromatic amines is 1. The van der Waals surface area contributed by atoms with Gasteiger partial charge in [-0.25, -0.2) is 4.98 Å². The van der Waals surface area contributed by atoms with Gasteiger partial charge in [-0.15, -0.1) is 0 Å². The van der Waals surface area contributed by atoms with Crippen LogP contribution < -0.4 is 10.6 Å². The van der Waals surface area contributed by atoms with Gasteiger partial charge in [-0.3, -0.25) is 9.59 Å². The summed E-state index contributed by atoms with van der Waals surface area (Å²) >= 11 is 0. The minimum atomic E-state index is -0.349. The minimum absolute atomic E-state index is 0.0390. The number of hydrogen-bond donors (Lipinski definition) is 3. The summed E-state index contributed by atoms with van der Waals surface area (Å²) in [5, 5.41) is 6.64. The molecular weight excluding hydrogens is 256 g/mol. The minimum Gasteiger partial charge on any atom is -0.350 e. The maximum absolute atomic E-state index is 12.1. The standard InChI is InChI=1S/C14H16N4O2/c1-14(4-2-11(19)18-14)8-17-13(20)10-6-9-3-5-15-12(9)16-7-10/h3,5-7H,2,4,8H2,1H3,(H,15,16)(H,17,20)(H,18,19). The van der Waals surface area contributed by atoms with Crippen LogP contribution in [0.3, 0.4) is 0 Å². The summed E-state index contributed by atoms with van der Waals surface area (Å²) in [4.78, 5) is 30.5. The quantitative estimate of drug-likeness (QED) is 0.777. The highest BCUT2D eigenvalue weighted by Gasteiger charge is 2.33. The van der Waals surface area contributed by atoms with Crippen molar-refractivity contribution in [2.75, 3.05) is 6.54 Å². The Labute approximate surface area is 116 Å². The number of H-pyrrole nitrogens is 1. The lowest BCUT2D eigenvalue weighted by Gasteiger charge is -2.24. The number of hydrogen-bond acceptors (Lipinski definition) is 3. The second kappa shape index (κ2) is 4.63. The Morgan fingerprint density at radius 3 is 3.15 bits per heavy atom. The molecular formula is C14H16N4O2. The first-order chi connectivity index (χ1) is 9.56. The van der Waals surface area contributed by atoms with Gasteiger partial charge in [-0.2, -0.15) is 0 Å². The van der Waals surface area contributed by atoms with Crippen LogP contribution in [0.1, 0.15) is 30.1 Å². The molecule has 104 valence electrons. The third-order valence-electron chi connectivity index (χ3n) is 3.65. The summed E-state index contributed by atoms with van der Waals surface area (Å²) in [7, 11) is 0. The summed E-state index contributed by atoms with van der Waals surface area (Å²) in [5.74, 6) is -0.139. The van der Waals surface area contributed by atoms with Gasteiger partial charge in [0.25, 0.3) is 5.91 Å². The Bertz CT molecular complexity index is 679. The van der Waals surface area contributed by atoms with Crippen LogP contribution in [0.2, 0.25) is 0 Å². The van der Waals surface area contributed by atoms with Crippen LogP contribution in [0.25, 0.3) is 11.0 Å². The first-order valence-corrected chi connectivity index (χ1v) is 6.58. The van der Waals surface area contributed by atoms with Crippen LogP contribution in [0.15, 0.2) is 24.5 Å². The largest absolute Gasteiger partial charge is 0.350 e. The number of carbonyl (C=O) groups is 2. The Morgan fingerprint density at radius 2 is 2.40 bits per heavy atom. The van der Waals surface area contributed by atoms with Gasteiger partial charge >= 0.3 is 0 Å². The highest BCUT2D eigenvalue weighted by atomic mass is 16.2. The number of nitrogens with one attached hydrogen (secondary N) is 3. The fourth-order valence-electron chi connectivity index (χ4n) is 2.43. The SMILES string of the molecule is CC1(CNC(=O)c2cnc3[nH]ccc3c2)CCC(=O)N1. The van der Waals surface area contributed by atoms with Crippen molar-refractivity contribution in [2.45, 2.75) is 25.3 Å². The summed E-state index contributed by atoms with van der Waals surface area (Å²) in [6, 6.07) is 3.67. The number of amides is 2. The molecule has 6 heteroatoms. The van der Waals surface area contributed by atoms with Crippen molar-refractivity contribution in [3.63, 3.8) is 0 Å². The number of rotatable bonds is 3. The molecule has 1 aliphatic rings. The van der Waals surface area contributed by atoms with Gasteiger partial charge in [0.15, 0.2) is 0 Å². The molecule has 1 atom stereocenters. The third kappa shape index (κ3) is 2.36. The summed E-state index contributed by atoms with van der Waals surface area (Å²) in [5.41, 5.74) is 0.930. The highest BCUT2D eigenvalue weighted by Crippen LogP contribution is 2.18. The van der Waals surface area contributed by atoms with Crippen molar-refractivity contribution in [3.05, 3.63) is 30.1 Å². The molecule has 0 saturated carbocycles. The van der Waals surface area contributed by atoms with Crippen molar-refractivity contribution in [3.8, 4) is 0 Å². The van der Waals surface area contributed by atoms with Crippen LogP contribution in [0.4, 0.5) is 0 Å². The highest BCUT2D eigenvalue weighted by molar-refractivity contribution is 5.97. The van der Waals surface area contributed by atoms with E-state index in [-0.39, 0.29) is 17.4 Å². The molecule has 2 aromatic rings. The van der Waals surface area contributed by atoms with Crippen molar-refractivity contribution >= 4 is 22.8 Å². The number of pyridine rings is 1. The first-order valence-electron chi connectivity index (χ1n) is 6.58. The lowest BCUT2D eigenvalue weighted by Crippen LogP contribution is -2.48. The average Bonchev–Trinajstić information content (AvgIpc) is 3.02. The van der Waals surface area contributed by atoms with Gasteiger partial charge < -0.3 is 15.6 Å². The monoisotopic (exact) mass is 272 g/mol. The van der Waals surface area contributed by atoms with Crippen LogP contribution in [0, 0.1) is 0 Å². The van der Waals surface area contributed by atoms with E-state index in [9.17, 15) is 9.59 Å². The fourth-order valence-corrected chi connectivity index (χ4v) is 2.43. The summed E-state index contributed by atoms with van der Waals surface area (Å²) in [6.45, 7) is 2.36. The molecule has 2 aromatic heterocycles. The molecule has 20 heavy (non-hydrogen) atoms. The summed E-state index contributed by atoms with van der Waals surface area (Å²) in [6.07, 6.45) is 4.59. The first kappa shape index (κ1) is 12.7. The van der Waals surface area contributed by atoms with Crippen molar-refractivity contribution < 1.29 is 9.59 Å². The molecule has 6 nitrogen and oxygen atoms in total. The van der Waals surface area contributed by atoms with E-state index in [1.165, 1.54) is 0 Å². The van der Waals surface area contributed by atoms with Crippen molar-refractivity contribution in [1.29, 1.82) is 0 Å². The molecule has 0 bridgehead atoms. The van der Waals surface area contributed by atoms with E-state index in [0.29, 0.717) is 18.5 Å². The molecule has 2 amide bonds. The zero-order chi connectivity index (χ0) is 14.2. The Hall–Kier alpha value is -2.37. The van der Waals surface area contributed by atoms with E-state index < -0.39 is 0 Å². The van der Waals surface area contributed by atoms with E-state index in [1.807, 2.05) is 13.0 Å². The zero-order valence-corrected chi connectivity index (χ0v) is 11.2. The lowest BCUT2D eigenvalue weighted by atomic mass is 10.0. The molecule has 1 unspecified atom stereocenters. The van der Waals surface area contributed by atoms with E-state index in [4.69, 9.17) is 0 Å². The molecule has 0 radical (unpaired) electrons. The second-order valence-electron chi connectivity index (χ2n) is 5.43. The molecule has 1 fully saturated rings. The fraction of sp³-hybridized carbons (Fsp3) is 0.357. The molecule has 0 aliphatic carbocycles. The predicted molar refractivity (Wildman–Crippen MR) is 74.2 cm³/mol. The molecule has 0 spiro atoms. The number of nitrogens with zero attached hydrogens (tertiary/aromatic N) is 1. The van der Waals surface area contributed by atoms with Gasteiger partial charge in [0.1, 0.15) is 5.65 Å². The maximum atomic E-state index is 12.1. The number of fused-ring (bicyclic) bond motifs is 1. The molecule has 0 aromatic carbocycles. The number of carbonyl (C=O) groups excluding carboxylic acids is 2. The van der Waals surface area contributed by atoms with Crippen molar-refractivity contribution in [1.82, 2.24) is 20.6 Å². The van der Waals surface area contributed by atoms with Gasteiger partial charge in [-0.05, 0) is 25.5 Å². The van der Waals surface area contributed by atoms with E-state index >= 15 is 0 Å². The van der Waals surface area contributed by atoms with Crippen LogP contribution in [0.5, 0.6) is 0 Å². The van der Waals surface area contributed by atoms with Crippen LogP contribution in [-0.2, 0) is 4.79 Å². The smallest absolute Gasteiger partial charge is 0.252 e. The molecule has 3 heterocycles. The maximum Gasteiger partial charge on any atom is 0.252 e. The Morgan fingerprint density at radius 1 is 1.55 bits per heavy atom. The topological polar surface area (TPSA) is 86.9 Å². The molecule has 3 rings (SSSR count). The Balaban J connectivity index is 1.68. The van der Waals surface area contributed by atoms with Gasteiger partial charge in [-0.1, -0.05) is 0 Å². The summed E-state index contributed by atoms with van der Waals surface area (Å²) < 4.78 is 0. The second-order valence-corrected chi connectivity index (χ2v) is 5.43. The Kier molecular flexibility index (Phi) is 2.93.